The van der Waals surface area contributed by atoms with E-state index in [2.05, 4.69) is 29.4 Å². The van der Waals surface area contributed by atoms with Gasteiger partial charge in [-0.05, 0) is 31.9 Å². The van der Waals surface area contributed by atoms with Crippen molar-refractivity contribution in [3.05, 3.63) is 29.3 Å². The maximum atomic E-state index is 12.9. The van der Waals surface area contributed by atoms with Gasteiger partial charge in [-0.25, -0.2) is 0 Å². The minimum Gasteiger partial charge on any atom is -0.465 e. The van der Waals surface area contributed by atoms with Crippen LogP contribution in [0.1, 0.15) is 32.7 Å². The van der Waals surface area contributed by atoms with Gasteiger partial charge in [0, 0.05) is 13.0 Å². The summed E-state index contributed by atoms with van der Waals surface area (Å²) in [4.78, 5) is 27.3. The van der Waals surface area contributed by atoms with Gasteiger partial charge < -0.3 is 9.64 Å². The first-order valence-corrected chi connectivity index (χ1v) is 9.40. The van der Waals surface area contributed by atoms with E-state index >= 15 is 0 Å². The standard InChI is InChI=1S/C18H22N4O3S/c1-5-22-12-8-6-7-9-13(12)25-18(4,16(22)24)15(23)19-17-21-20-14(26-17)10-11(2)3/h6-9,11H,5,10H2,1-4H3,(H,19,21,23). The number of rotatable bonds is 5. The van der Waals surface area contributed by atoms with Crippen molar-refractivity contribution in [2.75, 3.05) is 16.8 Å². The average molecular weight is 374 g/mol. The molecule has 2 amide bonds. The molecule has 1 atom stereocenters. The number of carbonyl (C=O) groups excluding carboxylic acids is 2. The fraction of sp³-hybridized carbons (Fsp3) is 0.444. The molecular weight excluding hydrogens is 352 g/mol. The van der Waals surface area contributed by atoms with Crippen molar-refractivity contribution < 1.29 is 14.3 Å². The van der Waals surface area contributed by atoms with Crippen molar-refractivity contribution in [2.24, 2.45) is 5.92 Å². The summed E-state index contributed by atoms with van der Waals surface area (Å²) in [5.74, 6) is -0.00271. The lowest BCUT2D eigenvalue weighted by atomic mass is 10.00. The monoisotopic (exact) mass is 374 g/mol. The Balaban J connectivity index is 1.84. The van der Waals surface area contributed by atoms with Crippen molar-refractivity contribution in [1.82, 2.24) is 10.2 Å². The van der Waals surface area contributed by atoms with Gasteiger partial charge in [-0.3, -0.25) is 14.9 Å². The highest BCUT2D eigenvalue weighted by Crippen LogP contribution is 2.38. The number of aromatic nitrogens is 2. The van der Waals surface area contributed by atoms with Gasteiger partial charge >= 0.3 is 0 Å². The topological polar surface area (TPSA) is 84.4 Å². The molecule has 1 aromatic heterocycles. The van der Waals surface area contributed by atoms with Crippen LogP contribution < -0.4 is 15.0 Å². The van der Waals surface area contributed by atoms with Crippen molar-refractivity contribution in [3.63, 3.8) is 0 Å². The van der Waals surface area contributed by atoms with Crippen LogP contribution in [0.2, 0.25) is 0 Å². The molecule has 7 nitrogen and oxygen atoms in total. The molecule has 0 saturated carbocycles. The predicted molar refractivity (Wildman–Crippen MR) is 101 cm³/mol. The number of fused-ring (bicyclic) bond motifs is 1. The second-order valence-electron chi connectivity index (χ2n) is 6.71. The fourth-order valence-electron chi connectivity index (χ4n) is 2.81. The average Bonchev–Trinajstić information content (AvgIpc) is 3.02. The predicted octanol–water partition coefficient (Wildman–Crippen LogP) is 2.88. The first-order valence-electron chi connectivity index (χ1n) is 8.59. The Morgan fingerprint density at radius 1 is 1.35 bits per heavy atom. The number of anilines is 2. The van der Waals surface area contributed by atoms with Crippen LogP contribution in [-0.4, -0.2) is 34.2 Å². The quantitative estimate of drug-likeness (QED) is 0.814. The number of para-hydroxylation sites is 2. The molecule has 0 saturated heterocycles. The fourth-order valence-corrected chi connectivity index (χ4v) is 3.75. The molecule has 1 unspecified atom stereocenters. The number of benzene rings is 1. The molecule has 138 valence electrons. The van der Waals surface area contributed by atoms with E-state index in [0.717, 1.165) is 11.4 Å². The highest BCUT2D eigenvalue weighted by molar-refractivity contribution is 7.15. The van der Waals surface area contributed by atoms with Crippen LogP contribution in [0, 0.1) is 5.92 Å². The Kier molecular flexibility index (Phi) is 4.95. The number of ether oxygens (including phenoxy) is 1. The van der Waals surface area contributed by atoms with E-state index in [9.17, 15) is 9.59 Å². The number of amides is 2. The summed E-state index contributed by atoms with van der Waals surface area (Å²) >= 11 is 1.31. The van der Waals surface area contributed by atoms with E-state index in [1.54, 1.807) is 17.0 Å². The highest BCUT2D eigenvalue weighted by Gasteiger charge is 2.50. The molecule has 1 aliphatic rings. The largest absolute Gasteiger partial charge is 0.465 e. The SMILES string of the molecule is CCN1C(=O)C(C)(C(=O)Nc2nnc(CC(C)C)s2)Oc2ccccc21. The van der Waals surface area contributed by atoms with Gasteiger partial charge in [-0.2, -0.15) is 0 Å². The molecule has 1 N–H and O–H groups in total. The third-order valence-electron chi connectivity index (χ3n) is 4.14. The van der Waals surface area contributed by atoms with Crippen LogP contribution in [0.5, 0.6) is 5.75 Å². The number of hydrogen-bond donors (Lipinski definition) is 1. The smallest absolute Gasteiger partial charge is 0.280 e. The van der Waals surface area contributed by atoms with E-state index in [4.69, 9.17) is 4.74 Å². The van der Waals surface area contributed by atoms with Gasteiger partial charge in [0.15, 0.2) is 0 Å². The minimum atomic E-state index is -1.66. The highest BCUT2D eigenvalue weighted by atomic mass is 32.1. The second kappa shape index (κ2) is 7.03. The summed E-state index contributed by atoms with van der Waals surface area (Å²) in [6.45, 7) is 7.97. The number of nitrogens with zero attached hydrogens (tertiary/aromatic N) is 3. The zero-order valence-electron chi connectivity index (χ0n) is 15.3. The van der Waals surface area contributed by atoms with Crippen LogP contribution in [-0.2, 0) is 16.0 Å². The van der Waals surface area contributed by atoms with Crippen LogP contribution in [0.3, 0.4) is 0 Å². The minimum absolute atomic E-state index is 0.366. The van der Waals surface area contributed by atoms with Gasteiger partial charge in [0.1, 0.15) is 10.8 Å². The molecule has 0 bridgehead atoms. The summed E-state index contributed by atoms with van der Waals surface area (Å²) in [7, 11) is 0. The lowest BCUT2D eigenvalue weighted by Gasteiger charge is -2.38. The first-order chi connectivity index (χ1) is 12.3. The number of hydrogen-bond acceptors (Lipinski definition) is 6. The molecular formula is C18H22N4O3S. The molecule has 1 aromatic carbocycles. The van der Waals surface area contributed by atoms with E-state index in [1.807, 2.05) is 19.1 Å². The normalized spacial score (nSPS) is 19.3. The Hall–Kier alpha value is -2.48. The molecule has 0 radical (unpaired) electrons. The van der Waals surface area contributed by atoms with Gasteiger partial charge in [-0.1, -0.05) is 37.3 Å². The molecule has 0 spiro atoms. The van der Waals surface area contributed by atoms with Crippen LogP contribution >= 0.6 is 11.3 Å². The Morgan fingerprint density at radius 3 is 2.77 bits per heavy atom. The van der Waals surface area contributed by atoms with E-state index in [0.29, 0.717) is 29.0 Å². The van der Waals surface area contributed by atoms with E-state index in [-0.39, 0.29) is 0 Å². The lowest BCUT2D eigenvalue weighted by molar-refractivity contribution is -0.145. The van der Waals surface area contributed by atoms with E-state index in [1.165, 1.54) is 18.3 Å². The number of carbonyl (C=O) groups is 2. The lowest BCUT2D eigenvalue weighted by Crippen LogP contribution is -2.60. The van der Waals surface area contributed by atoms with E-state index < -0.39 is 17.4 Å². The van der Waals surface area contributed by atoms with Crippen molar-refractivity contribution in [2.45, 2.75) is 39.7 Å². The number of nitrogens with one attached hydrogen (secondary N) is 1. The van der Waals surface area contributed by atoms with Gasteiger partial charge in [0.25, 0.3) is 17.4 Å². The molecule has 0 fully saturated rings. The Labute approximate surface area is 156 Å². The van der Waals surface area contributed by atoms with Crippen molar-refractivity contribution in [3.8, 4) is 5.75 Å². The third-order valence-corrected chi connectivity index (χ3v) is 5.00. The third kappa shape index (κ3) is 3.29. The summed E-state index contributed by atoms with van der Waals surface area (Å²) < 4.78 is 5.82. The zero-order valence-corrected chi connectivity index (χ0v) is 16.1. The zero-order chi connectivity index (χ0) is 18.9. The van der Waals surface area contributed by atoms with Crippen molar-refractivity contribution in [1.29, 1.82) is 0 Å². The van der Waals surface area contributed by atoms with Gasteiger partial charge in [-0.15, -0.1) is 10.2 Å². The Morgan fingerprint density at radius 2 is 2.08 bits per heavy atom. The number of likely N-dealkylation sites (N-methyl/N-ethyl adjacent to an activating group) is 1. The van der Waals surface area contributed by atoms with Crippen LogP contribution in [0.4, 0.5) is 10.8 Å². The van der Waals surface area contributed by atoms with Crippen LogP contribution in [0.25, 0.3) is 0 Å². The second-order valence-corrected chi connectivity index (χ2v) is 7.77. The van der Waals surface area contributed by atoms with Crippen LogP contribution in [0.15, 0.2) is 24.3 Å². The van der Waals surface area contributed by atoms with Crippen molar-refractivity contribution >= 4 is 34.0 Å². The molecule has 2 aromatic rings. The maximum absolute atomic E-state index is 12.9. The molecule has 26 heavy (non-hydrogen) atoms. The molecule has 2 heterocycles. The summed E-state index contributed by atoms with van der Waals surface area (Å²) in [6.07, 6.45) is 0.789. The first kappa shape index (κ1) is 18.3. The van der Waals surface area contributed by atoms with Gasteiger partial charge in [0.05, 0.1) is 5.69 Å². The molecule has 3 rings (SSSR count). The molecule has 0 aliphatic carbocycles. The Bertz CT molecular complexity index is 835. The van der Waals surface area contributed by atoms with Gasteiger partial charge in [0.2, 0.25) is 5.13 Å². The maximum Gasteiger partial charge on any atom is 0.280 e. The summed E-state index contributed by atoms with van der Waals surface area (Å²) in [5.41, 5.74) is -0.991. The molecule has 8 heteroatoms. The summed E-state index contributed by atoms with van der Waals surface area (Å²) in [5, 5.41) is 12.0. The molecule has 1 aliphatic heterocycles. The summed E-state index contributed by atoms with van der Waals surface area (Å²) in [6, 6.07) is 7.20.